The van der Waals surface area contributed by atoms with Crippen molar-refractivity contribution in [1.82, 2.24) is 10.0 Å². The lowest BCUT2D eigenvalue weighted by molar-refractivity contribution is 0.0901. The van der Waals surface area contributed by atoms with E-state index in [1.807, 2.05) is 0 Å². The lowest BCUT2D eigenvalue weighted by Crippen LogP contribution is -2.29. The van der Waals surface area contributed by atoms with E-state index in [1.54, 1.807) is 32.0 Å². The predicted octanol–water partition coefficient (Wildman–Crippen LogP) is 1.27. The third-order valence-electron chi connectivity index (χ3n) is 3.77. The molecular weight excluding hydrogens is 332 g/mol. The Morgan fingerprint density at radius 1 is 1.33 bits per heavy atom. The summed E-state index contributed by atoms with van der Waals surface area (Å²) >= 11 is 0. The number of hydrogen-bond donors (Lipinski definition) is 3. The molecule has 0 bridgehead atoms. The third kappa shape index (κ3) is 3.84. The second-order valence-electron chi connectivity index (χ2n) is 5.37. The number of hydrogen-bond acceptors (Lipinski definition) is 5. The molecule has 0 saturated heterocycles. The summed E-state index contributed by atoms with van der Waals surface area (Å²) < 4.78 is 31.5. The molecule has 8 heteroatoms. The van der Waals surface area contributed by atoms with Crippen LogP contribution < -0.4 is 10.0 Å². The third-order valence-corrected chi connectivity index (χ3v) is 5.31. The minimum Gasteiger partial charge on any atom is -0.467 e. The van der Waals surface area contributed by atoms with Gasteiger partial charge in [-0.3, -0.25) is 4.79 Å². The summed E-state index contributed by atoms with van der Waals surface area (Å²) in [4.78, 5) is 12.3. The lowest BCUT2D eigenvalue weighted by atomic mass is 10.1. The Balaban J connectivity index is 2.21. The normalized spacial score (nSPS) is 12.8. The molecule has 0 saturated carbocycles. The monoisotopic (exact) mass is 352 g/mol. The lowest BCUT2D eigenvalue weighted by Gasteiger charge is -2.13. The standard InChI is InChI=1S/C16H20N2O5S/c1-10-7-12(8-15(11(10)2)24(21,22)17-3)16(20)18-9-13(19)14-5-4-6-23-14/h4-8,13,17,19H,9H2,1-3H3,(H,18,20). The van der Waals surface area contributed by atoms with Gasteiger partial charge in [0.05, 0.1) is 17.7 Å². The molecule has 1 aromatic heterocycles. The van der Waals surface area contributed by atoms with Crippen molar-refractivity contribution < 1.29 is 22.7 Å². The van der Waals surface area contributed by atoms with Crippen molar-refractivity contribution in [2.24, 2.45) is 0 Å². The molecule has 2 rings (SSSR count). The molecular formula is C16H20N2O5S. The van der Waals surface area contributed by atoms with Crippen molar-refractivity contribution in [1.29, 1.82) is 0 Å². The number of amides is 1. The molecule has 0 spiro atoms. The molecule has 24 heavy (non-hydrogen) atoms. The highest BCUT2D eigenvalue weighted by Crippen LogP contribution is 2.21. The Morgan fingerprint density at radius 3 is 2.62 bits per heavy atom. The number of sulfonamides is 1. The summed E-state index contributed by atoms with van der Waals surface area (Å²) in [6.07, 6.45) is 0.453. The SMILES string of the molecule is CNS(=O)(=O)c1cc(C(=O)NCC(O)c2ccco2)cc(C)c1C. The van der Waals surface area contributed by atoms with Gasteiger partial charge in [-0.05, 0) is 56.3 Å². The van der Waals surface area contributed by atoms with Crippen LogP contribution in [0.2, 0.25) is 0 Å². The van der Waals surface area contributed by atoms with Crippen LogP contribution in [0.15, 0.2) is 39.8 Å². The first-order chi connectivity index (χ1) is 11.3. The smallest absolute Gasteiger partial charge is 0.251 e. The van der Waals surface area contributed by atoms with E-state index in [2.05, 4.69) is 10.0 Å². The topological polar surface area (TPSA) is 109 Å². The average molecular weight is 352 g/mol. The predicted molar refractivity (Wildman–Crippen MR) is 88.2 cm³/mol. The molecule has 0 radical (unpaired) electrons. The fourth-order valence-electron chi connectivity index (χ4n) is 2.22. The Bertz CT molecular complexity index is 828. The quantitative estimate of drug-likeness (QED) is 0.725. The van der Waals surface area contributed by atoms with Crippen LogP contribution in [-0.4, -0.2) is 33.0 Å². The van der Waals surface area contributed by atoms with Gasteiger partial charge in [0.1, 0.15) is 11.9 Å². The molecule has 0 fully saturated rings. The van der Waals surface area contributed by atoms with Gasteiger partial charge in [-0.25, -0.2) is 13.1 Å². The molecule has 1 amide bonds. The van der Waals surface area contributed by atoms with Gasteiger partial charge < -0.3 is 14.8 Å². The van der Waals surface area contributed by atoms with E-state index in [1.165, 1.54) is 19.4 Å². The van der Waals surface area contributed by atoms with Gasteiger partial charge >= 0.3 is 0 Å². The Kier molecular flexibility index (Phi) is 5.43. The Labute approximate surface area is 140 Å². The Morgan fingerprint density at radius 2 is 2.04 bits per heavy atom. The van der Waals surface area contributed by atoms with Crippen molar-refractivity contribution in [3.63, 3.8) is 0 Å². The molecule has 7 nitrogen and oxygen atoms in total. The fourth-order valence-corrected chi connectivity index (χ4v) is 3.29. The van der Waals surface area contributed by atoms with Crippen molar-refractivity contribution in [3.8, 4) is 0 Å². The zero-order chi connectivity index (χ0) is 17.9. The van der Waals surface area contributed by atoms with E-state index in [0.29, 0.717) is 16.9 Å². The maximum atomic E-state index is 12.3. The van der Waals surface area contributed by atoms with Crippen molar-refractivity contribution in [3.05, 3.63) is 53.0 Å². The fraction of sp³-hybridized carbons (Fsp3) is 0.312. The molecule has 0 aliphatic carbocycles. The van der Waals surface area contributed by atoms with Crippen molar-refractivity contribution in [2.45, 2.75) is 24.8 Å². The number of carbonyl (C=O) groups excluding carboxylic acids is 1. The number of aliphatic hydroxyl groups excluding tert-OH is 1. The van der Waals surface area contributed by atoms with Gasteiger partial charge in [-0.2, -0.15) is 0 Å². The van der Waals surface area contributed by atoms with Gasteiger partial charge in [0.25, 0.3) is 5.91 Å². The van der Waals surface area contributed by atoms with Crippen LogP contribution in [0.25, 0.3) is 0 Å². The van der Waals surface area contributed by atoms with Crippen LogP contribution in [0.4, 0.5) is 0 Å². The summed E-state index contributed by atoms with van der Waals surface area (Å²) in [5.74, 6) is -0.134. The van der Waals surface area contributed by atoms with E-state index < -0.39 is 22.0 Å². The highest BCUT2D eigenvalue weighted by molar-refractivity contribution is 7.89. The van der Waals surface area contributed by atoms with E-state index >= 15 is 0 Å². The highest BCUT2D eigenvalue weighted by atomic mass is 32.2. The molecule has 2 aromatic rings. The molecule has 0 aliphatic rings. The second kappa shape index (κ2) is 7.16. The van der Waals surface area contributed by atoms with Crippen LogP contribution in [0.1, 0.15) is 33.3 Å². The molecule has 1 unspecified atom stereocenters. The van der Waals surface area contributed by atoms with Gasteiger partial charge in [-0.1, -0.05) is 0 Å². The molecule has 130 valence electrons. The van der Waals surface area contributed by atoms with Crippen LogP contribution in [-0.2, 0) is 10.0 Å². The molecule has 1 heterocycles. The first-order valence-corrected chi connectivity index (χ1v) is 8.79. The van der Waals surface area contributed by atoms with Crippen LogP contribution in [0.3, 0.4) is 0 Å². The van der Waals surface area contributed by atoms with Crippen LogP contribution in [0, 0.1) is 13.8 Å². The van der Waals surface area contributed by atoms with Crippen molar-refractivity contribution in [2.75, 3.05) is 13.6 Å². The molecule has 1 atom stereocenters. The summed E-state index contributed by atoms with van der Waals surface area (Å²) in [6.45, 7) is 3.37. The number of aryl methyl sites for hydroxylation is 1. The summed E-state index contributed by atoms with van der Waals surface area (Å²) in [5, 5.41) is 12.5. The highest BCUT2D eigenvalue weighted by Gasteiger charge is 2.20. The van der Waals surface area contributed by atoms with E-state index in [-0.39, 0.29) is 17.0 Å². The van der Waals surface area contributed by atoms with Gasteiger partial charge in [0, 0.05) is 5.56 Å². The summed E-state index contributed by atoms with van der Waals surface area (Å²) in [7, 11) is -2.35. The zero-order valence-corrected chi connectivity index (χ0v) is 14.5. The first kappa shape index (κ1) is 18.2. The van der Waals surface area contributed by atoms with Gasteiger partial charge in [0.15, 0.2) is 0 Å². The maximum Gasteiger partial charge on any atom is 0.251 e. The number of aliphatic hydroxyl groups is 1. The number of nitrogens with one attached hydrogen (secondary N) is 2. The Hall–Kier alpha value is -2.16. The van der Waals surface area contributed by atoms with E-state index in [9.17, 15) is 18.3 Å². The average Bonchev–Trinajstić information content (AvgIpc) is 3.09. The summed E-state index contributed by atoms with van der Waals surface area (Å²) in [5.41, 5.74) is 1.47. The van der Waals surface area contributed by atoms with Crippen LogP contribution >= 0.6 is 0 Å². The van der Waals surface area contributed by atoms with E-state index in [0.717, 1.165) is 0 Å². The minimum atomic E-state index is -3.67. The van der Waals surface area contributed by atoms with Crippen LogP contribution in [0.5, 0.6) is 0 Å². The zero-order valence-electron chi connectivity index (χ0n) is 13.7. The van der Waals surface area contributed by atoms with Gasteiger partial charge in [0.2, 0.25) is 10.0 Å². The second-order valence-corrected chi connectivity index (χ2v) is 7.22. The van der Waals surface area contributed by atoms with Crippen molar-refractivity contribution >= 4 is 15.9 Å². The largest absolute Gasteiger partial charge is 0.467 e. The van der Waals surface area contributed by atoms with E-state index in [4.69, 9.17) is 4.42 Å². The number of furan rings is 1. The summed E-state index contributed by atoms with van der Waals surface area (Å²) in [6, 6.07) is 6.17. The number of carbonyl (C=O) groups is 1. The molecule has 1 aromatic carbocycles. The molecule has 0 aliphatic heterocycles. The molecule has 3 N–H and O–H groups in total. The number of benzene rings is 1. The number of rotatable bonds is 6. The maximum absolute atomic E-state index is 12.3. The first-order valence-electron chi connectivity index (χ1n) is 7.30. The van der Waals surface area contributed by atoms with Gasteiger partial charge in [-0.15, -0.1) is 0 Å². The minimum absolute atomic E-state index is 0.0482.